The van der Waals surface area contributed by atoms with Crippen LogP contribution in [-0.4, -0.2) is 47.8 Å². The lowest BCUT2D eigenvalue weighted by Gasteiger charge is -2.47. The summed E-state index contributed by atoms with van der Waals surface area (Å²) in [6.45, 7) is 4.43. The molecule has 1 aromatic rings. The average molecular weight is 255 g/mol. The zero-order valence-electron chi connectivity index (χ0n) is 9.89. The molecule has 1 saturated heterocycles. The summed E-state index contributed by atoms with van der Waals surface area (Å²) in [5.74, 6) is -0.900. The summed E-state index contributed by atoms with van der Waals surface area (Å²) in [6.07, 6.45) is 1.05. The molecule has 1 aliphatic rings. The third-order valence-corrected chi connectivity index (χ3v) is 3.69. The van der Waals surface area contributed by atoms with E-state index in [1.54, 1.807) is 11.3 Å². The fourth-order valence-electron chi connectivity index (χ4n) is 2.11. The lowest BCUT2D eigenvalue weighted by atomic mass is 9.96. The number of carbonyl (C=O) groups is 1. The summed E-state index contributed by atoms with van der Waals surface area (Å²) in [4.78, 5) is 12.7. The maximum atomic E-state index is 10.4. The Morgan fingerprint density at radius 2 is 2.41 bits per heavy atom. The number of carboxylic acids is 1. The highest BCUT2D eigenvalue weighted by molar-refractivity contribution is 7.07. The summed E-state index contributed by atoms with van der Waals surface area (Å²) in [5.41, 5.74) is 1.10. The predicted molar refractivity (Wildman–Crippen MR) is 66.5 cm³/mol. The van der Waals surface area contributed by atoms with Crippen LogP contribution < -0.4 is 0 Å². The predicted octanol–water partition coefficient (Wildman–Crippen LogP) is 1.47. The SMILES string of the molecule is CC1(OCC(=O)O)CN(CCc2ccsc2)C1. The average Bonchev–Trinajstić information content (AvgIpc) is 2.73. The standard InChI is InChI=1S/C12H17NO3S/c1-12(16-6-11(14)15)8-13(9-12)4-2-10-3-5-17-7-10/h3,5,7H,2,4,6,8-9H2,1H3,(H,14,15). The molecule has 2 heterocycles. The summed E-state index contributed by atoms with van der Waals surface area (Å²) in [5, 5.41) is 12.8. The molecule has 0 unspecified atom stereocenters. The van der Waals surface area contributed by atoms with Crippen LogP contribution in [0.1, 0.15) is 12.5 Å². The summed E-state index contributed by atoms with van der Waals surface area (Å²) >= 11 is 1.72. The molecule has 0 atom stereocenters. The molecule has 1 aromatic heterocycles. The van der Waals surface area contributed by atoms with Crippen LogP contribution in [0.25, 0.3) is 0 Å². The van der Waals surface area contributed by atoms with Gasteiger partial charge in [-0.05, 0) is 35.7 Å². The number of hydrogen-bond donors (Lipinski definition) is 1. The minimum absolute atomic E-state index is 0.200. The molecule has 5 heteroatoms. The van der Waals surface area contributed by atoms with Gasteiger partial charge in [-0.15, -0.1) is 0 Å². The fourth-order valence-corrected chi connectivity index (χ4v) is 2.81. The minimum Gasteiger partial charge on any atom is -0.480 e. The van der Waals surface area contributed by atoms with Gasteiger partial charge in [-0.1, -0.05) is 0 Å². The number of carboxylic acid groups (broad SMARTS) is 1. The molecule has 1 N–H and O–H groups in total. The number of rotatable bonds is 6. The molecule has 4 nitrogen and oxygen atoms in total. The Kier molecular flexibility index (Phi) is 3.81. The van der Waals surface area contributed by atoms with Crippen molar-refractivity contribution in [2.24, 2.45) is 0 Å². The monoisotopic (exact) mass is 255 g/mol. The quantitative estimate of drug-likeness (QED) is 0.836. The van der Waals surface area contributed by atoms with Gasteiger partial charge in [0.2, 0.25) is 0 Å². The van der Waals surface area contributed by atoms with Gasteiger partial charge in [0.25, 0.3) is 0 Å². The van der Waals surface area contributed by atoms with Crippen LogP contribution >= 0.6 is 11.3 Å². The zero-order chi connectivity index (χ0) is 12.3. The molecule has 0 saturated carbocycles. The topological polar surface area (TPSA) is 49.8 Å². The number of aliphatic carboxylic acids is 1. The van der Waals surface area contributed by atoms with Crippen molar-refractivity contribution >= 4 is 17.3 Å². The van der Waals surface area contributed by atoms with Crippen molar-refractivity contribution in [3.8, 4) is 0 Å². The molecule has 17 heavy (non-hydrogen) atoms. The Hall–Kier alpha value is -0.910. The van der Waals surface area contributed by atoms with Crippen LogP contribution in [0.2, 0.25) is 0 Å². The highest BCUT2D eigenvalue weighted by Crippen LogP contribution is 2.24. The third-order valence-electron chi connectivity index (χ3n) is 2.96. The molecule has 0 bridgehead atoms. The van der Waals surface area contributed by atoms with E-state index < -0.39 is 5.97 Å². The van der Waals surface area contributed by atoms with Crippen molar-refractivity contribution in [1.29, 1.82) is 0 Å². The molecule has 0 amide bonds. The van der Waals surface area contributed by atoms with Gasteiger partial charge in [0.1, 0.15) is 6.61 Å². The van der Waals surface area contributed by atoms with E-state index in [2.05, 4.69) is 21.7 Å². The molecular weight excluding hydrogens is 238 g/mol. The molecular formula is C12H17NO3S. The van der Waals surface area contributed by atoms with Crippen molar-refractivity contribution in [1.82, 2.24) is 4.90 Å². The maximum absolute atomic E-state index is 10.4. The molecule has 1 fully saturated rings. The van der Waals surface area contributed by atoms with Crippen LogP contribution in [0, 0.1) is 0 Å². The number of thiophene rings is 1. The molecule has 2 rings (SSSR count). The van der Waals surface area contributed by atoms with Crippen molar-refractivity contribution in [2.45, 2.75) is 18.9 Å². The number of likely N-dealkylation sites (tertiary alicyclic amines) is 1. The molecule has 0 aromatic carbocycles. The fraction of sp³-hybridized carbons (Fsp3) is 0.583. The number of ether oxygens (including phenoxy) is 1. The van der Waals surface area contributed by atoms with Crippen LogP contribution in [-0.2, 0) is 16.0 Å². The van der Waals surface area contributed by atoms with E-state index in [0.717, 1.165) is 26.1 Å². The zero-order valence-corrected chi connectivity index (χ0v) is 10.7. The first-order valence-corrected chi connectivity index (χ1v) is 6.61. The number of nitrogens with zero attached hydrogens (tertiary/aromatic N) is 1. The van der Waals surface area contributed by atoms with Gasteiger partial charge in [0.15, 0.2) is 0 Å². The van der Waals surface area contributed by atoms with E-state index in [1.165, 1.54) is 5.56 Å². The van der Waals surface area contributed by atoms with Crippen molar-refractivity contribution in [2.75, 3.05) is 26.2 Å². The number of hydrogen-bond acceptors (Lipinski definition) is 4. The second kappa shape index (κ2) is 5.16. The first-order chi connectivity index (χ1) is 8.07. The minimum atomic E-state index is -0.900. The van der Waals surface area contributed by atoms with Crippen LogP contribution in [0.4, 0.5) is 0 Å². The Labute approximate surface area is 105 Å². The van der Waals surface area contributed by atoms with Crippen LogP contribution in [0.15, 0.2) is 16.8 Å². The van der Waals surface area contributed by atoms with Gasteiger partial charge in [0, 0.05) is 19.6 Å². The van der Waals surface area contributed by atoms with Gasteiger partial charge in [-0.3, -0.25) is 4.90 Å². The van der Waals surface area contributed by atoms with E-state index in [1.807, 2.05) is 6.92 Å². The van der Waals surface area contributed by atoms with E-state index >= 15 is 0 Å². The van der Waals surface area contributed by atoms with Gasteiger partial charge >= 0.3 is 5.97 Å². The third kappa shape index (κ3) is 3.52. The second-order valence-electron chi connectivity index (χ2n) is 4.72. The normalized spacial score (nSPS) is 18.9. The Morgan fingerprint density at radius 3 is 3.00 bits per heavy atom. The maximum Gasteiger partial charge on any atom is 0.329 e. The van der Waals surface area contributed by atoms with Crippen molar-refractivity contribution in [3.63, 3.8) is 0 Å². The largest absolute Gasteiger partial charge is 0.480 e. The molecule has 94 valence electrons. The summed E-state index contributed by atoms with van der Waals surface area (Å²) in [7, 11) is 0. The van der Waals surface area contributed by atoms with Gasteiger partial charge < -0.3 is 9.84 Å². The lowest BCUT2D eigenvalue weighted by molar-refractivity contribution is -0.164. The lowest BCUT2D eigenvalue weighted by Crippen LogP contribution is -2.61. The smallest absolute Gasteiger partial charge is 0.329 e. The van der Waals surface area contributed by atoms with E-state index in [4.69, 9.17) is 9.84 Å². The van der Waals surface area contributed by atoms with Crippen LogP contribution in [0.5, 0.6) is 0 Å². The summed E-state index contributed by atoms with van der Waals surface area (Å²) in [6, 6.07) is 2.14. The molecule has 0 aliphatic carbocycles. The summed E-state index contributed by atoms with van der Waals surface area (Å²) < 4.78 is 5.36. The van der Waals surface area contributed by atoms with Gasteiger partial charge in [-0.25, -0.2) is 4.79 Å². The van der Waals surface area contributed by atoms with Gasteiger partial charge in [0.05, 0.1) is 5.60 Å². The van der Waals surface area contributed by atoms with Crippen LogP contribution in [0.3, 0.4) is 0 Å². The van der Waals surface area contributed by atoms with E-state index in [0.29, 0.717) is 0 Å². The Bertz CT molecular complexity index is 371. The van der Waals surface area contributed by atoms with E-state index in [-0.39, 0.29) is 12.2 Å². The highest BCUT2D eigenvalue weighted by Gasteiger charge is 2.39. The van der Waals surface area contributed by atoms with Crippen molar-refractivity contribution < 1.29 is 14.6 Å². The van der Waals surface area contributed by atoms with Gasteiger partial charge in [-0.2, -0.15) is 11.3 Å². The first kappa shape index (κ1) is 12.5. The molecule has 0 spiro atoms. The second-order valence-corrected chi connectivity index (χ2v) is 5.50. The highest BCUT2D eigenvalue weighted by atomic mass is 32.1. The first-order valence-electron chi connectivity index (χ1n) is 5.67. The molecule has 1 aliphatic heterocycles. The Morgan fingerprint density at radius 1 is 1.65 bits per heavy atom. The van der Waals surface area contributed by atoms with Crippen molar-refractivity contribution in [3.05, 3.63) is 22.4 Å². The molecule has 0 radical (unpaired) electrons. The van der Waals surface area contributed by atoms with E-state index in [9.17, 15) is 4.79 Å². The Balaban J connectivity index is 1.66.